The third-order valence-corrected chi connectivity index (χ3v) is 4.91. The highest BCUT2D eigenvalue weighted by atomic mass is 16.5. The van der Waals surface area contributed by atoms with E-state index < -0.39 is 0 Å². The summed E-state index contributed by atoms with van der Waals surface area (Å²) < 4.78 is 11.3. The van der Waals surface area contributed by atoms with Gasteiger partial charge in [0.25, 0.3) is 0 Å². The Labute approximate surface area is 159 Å². The second kappa shape index (κ2) is 8.77. The summed E-state index contributed by atoms with van der Waals surface area (Å²) in [6.07, 6.45) is 7.97. The molecule has 1 saturated heterocycles. The van der Waals surface area contributed by atoms with Crippen LogP contribution in [0.25, 0.3) is 11.4 Å². The number of nitrogens with zero attached hydrogens (tertiary/aromatic N) is 3. The first kappa shape index (κ1) is 17.7. The number of hydrogen-bond donors (Lipinski definition) is 1. The fourth-order valence-corrected chi connectivity index (χ4v) is 3.35. The van der Waals surface area contributed by atoms with Crippen molar-refractivity contribution in [2.75, 3.05) is 13.1 Å². The molecule has 1 aromatic carbocycles. The minimum Gasteiger partial charge on any atom is -0.489 e. The first-order valence-electron chi connectivity index (χ1n) is 9.52. The number of hydrogen-bond acceptors (Lipinski definition) is 6. The van der Waals surface area contributed by atoms with Crippen molar-refractivity contribution in [3.05, 3.63) is 60.2 Å². The van der Waals surface area contributed by atoms with Gasteiger partial charge in [0.1, 0.15) is 12.4 Å². The van der Waals surface area contributed by atoms with Crippen LogP contribution in [0.3, 0.4) is 0 Å². The van der Waals surface area contributed by atoms with E-state index in [2.05, 4.69) is 20.4 Å². The minimum atomic E-state index is 0.477. The van der Waals surface area contributed by atoms with Gasteiger partial charge in [0.15, 0.2) is 0 Å². The van der Waals surface area contributed by atoms with Crippen LogP contribution in [-0.4, -0.2) is 28.2 Å². The molecule has 2 aromatic heterocycles. The normalized spacial score (nSPS) is 15.0. The topological polar surface area (TPSA) is 73.1 Å². The summed E-state index contributed by atoms with van der Waals surface area (Å²) in [6, 6.07) is 11.7. The van der Waals surface area contributed by atoms with Crippen molar-refractivity contribution in [2.24, 2.45) is 5.92 Å². The lowest BCUT2D eigenvalue weighted by Crippen LogP contribution is -2.27. The molecule has 1 aliphatic rings. The predicted octanol–water partition coefficient (Wildman–Crippen LogP) is 3.64. The van der Waals surface area contributed by atoms with Crippen molar-refractivity contribution in [1.29, 1.82) is 0 Å². The van der Waals surface area contributed by atoms with E-state index >= 15 is 0 Å². The summed E-state index contributed by atoms with van der Waals surface area (Å²) in [5.74, 6) is 2.86. The second-order valence-electron chi connectivity index (χ2n) is 6.92. The summed E-state index contributed by atoms with van der Waals surface area (Å²) in [5, 5.41) is 7.54. The van der Waals surface area contributed by atoms with Gasteiger partial charge < -0.3 is 14.6 Å². The maximum atomic E-state index is 5.86. The molecule has 0 spiro atoms. The van der Waals surface area contributed by atoms with Crippen molar-refractivity contribution in [3.8, 4) is 17.1 Å². The van der Waals surface area contributed by atoms with Crippen LogP contribution < -0.4 is 10.1 Å². The summed E-state index contributed by atoms with van der Waals surface area (Å²) in [4.78, 5) is 8.67. The molecule has 0 aliphatic carbocycles. The molecule has 1 fully saturated rings. The van der Waals surface area contributed by atoms with Crippen LogP contribution in [0.15, 0.2) is 53.3 Å². The smallest absolute Gasteiger partial charge is 0.226 e. The van der Waals surface area contributed by atoms with Crippen LogP contribution in [0.5, 0.6) is 5.75 Å². The minimum absolute atomic E-state index is 0.477. The summed E-state index contributed by atoms with van der Waals surface area (Å²) in [7, 11) is 0. The van der Waals surface area contributed by atoms with Crippen LogP contribution >= 0.6 is 0 Å². The maximum absolute atomic E-state index is 5.86. The molecule has 1 N–H and O–H groups in total. The SMILES string of the molecule is c1cncc(COc2cccc(-c3noc(CCC4CCNCC4)n3)c2)c1. The third-order valence-electron chi connectivity index (χ3n) is 4.91. The zero-order valence-corrected chi connectivity index (χ0v) is 15.3. The lowest BCUT2D eigenvalue weighted by molar-refractivity contribution is 0.306. The number of nitrogens with one attached hydrogen (secondary N) is 1. The fraction of sp³-hybridized carbons (Fsp3) is 0.381. The van der Waals surface area contributed by atoms with E-state index in [4.69, 9.17) is 9.26 Å². The molecule has 3 aromatic rings. The Hall–Kier alpha value is -2.73. The molecule has 0 amide bonds. The first-order chi connectivity index (χ1) is 13.4. The number of benzene rings is 1. The predicted molar refractivity (Wildman–Crippen MR) is 102 cm³/mol. The first-order valence-corrected chi connectivity index (χ1v) is 9.52. The van der Waals surface area contributed by atoms with E-state index in [1.807, 2.05) is 36.4 Å². The molecular weight excluding hydrogens is 340 g/mol. The van der Waals surface area contributed by atoms with E-state index in [1.54, 1.807) is 12.4 Å². The Morgan fingerprint density at radius 3 is 2.93 bits per heavy atom. The van der Waals surface area contributed by atoms with E-state index in [0.29, 0.717) is 18.3 Å². The molecule has 1 aliphatic heterocycles. The summed E-state index contributed by atoms with van der Waals surface area (Å²) in [6.45, 7) is 2.71. The highest BCUT2D eigenvalue weighted by molar-refractivity contribution is 5.56. The molecule has 0 unspecified atom stereocenters. The van der Waals surface area contributed by atoms with Crippen molar-refractivity contribution in [3.63, 3.8) is 0 Å². The largest absolute Gasteiger partial charge is 0.489 e. The quantitative estimate of drug-likeness (QED) is 0.690. The van der Waals surface area contributed by atoms with Crippen molar-refractivity contribution < 1.29 is 9.26 Å². The second-order valence-corrected chi connectivity index (χ2v) is 6.92. The van der Waals surface area contributed by atoms with E-state index in [-0.39, 0.29) is 0 Å². The van der Waals surface area contributed by atoms with Gasteiger partial charge in [0.2, 0.25) is 11.7 Å². The molecule has 0 atom stereocenters. The number of aryl methyl sites for hydroxylation is 1. The molecule has 6 heteroatoms. The monoisotopic (exact) mass is 364 g/mol. The van der Waals surface area contributed by atoms with Crippen LogP contribution in [0.1, 0.15) is 30.7 Å². The molecule has 0 saturated carbocycles. The third kappa shape index (κ3) is 4.92. The average molecular weight is 364 g/mol. The Bertz CT molecular complexity index is 844. The van der Waals surface area contributed by atoms with Gasteiger partial charge in [-0.2, -0.15) is 4.98 Å². The van der Waals surface area contributed by atoms with Gasteiger partial charge in [-0.05, 0) is 56.5 Å². The van der Waals surface area contributed by atoms with Gasteiger partial charge in [0.05, 0.1) is 0 Å². The van der Waals surface area contributed by atoms with Gasteiger partial charge >= 0.3 is 0 Å². The molecule has 4 rings (SSSR count). The van der Waals surface area contributed by atoms with E-state index in [9.17, 15) is 0 Å². The van der Waals surface area contributed by atoms with Crippen LogP contribution in [-0.2, 0) is 13.0 Å². The zero-order chi connectivity index (χ0) is 18.3. The molecule has 0 bridgehead atoms. The maximum Gasteiger partial charge on any atom is 0.226 e. The molecule has 140 valence electrons. The van der Waals surface area contributed by atoms with Crippen LogP contribution in [0.4, 0.5) is 0 Å². The summed E-state index contributed by atoms with van der Waals surface area (Å²) >= 11 is 0. The molecule has 3 heterocycles. The number of pyridine rings is 1. The number of piperidine rings is 1. The lowest BCUT2D eigenvalue weighted by atomic mass is 9.93. The number of rotatable bonds is 7. The highest BCUT2D eigenvalue weighted by Gasteiger charge is 2.15. The molecular formula is C21H24N4O2. The van der Waals surface area contributed by atoms with E-state index in [0.717, 1.165) is 48.7 Å². The van der Waals surface area contributed by atoms with Gasteiger partial charge in [-0.15, -0.1) is 0 Å². The Balaban J connectivity index is 1.36. The van der Waals surface area contributed by atoms with Gasteiger partial charge in [-0.25, -0.2) is 0 Å². The van der Waals surface area contributed by atoms with Crippen molar-refractivity contribution >= 4 is 0 Å². The summed E-state index contributed by atoms with van der Waals surface area (Å²) in [5.41, 5.74) is 1.93. The number of ether oxygens (including phenoxy) is 1. The Morgan fingerprint density at radius 2 is 2.07 bits per heavy atom. The van der Waals surface area contributed by atoms with Gasteiger partial charge in [0, 0.05) is 29.9 Å². The van der Waals surface area contributed by atoms with E-state index in [1.165, 1.54) is 12.8 Å². The highest BCUT2D eigenvalue weighted by Crippen LogP contribution is 2.23. The molecule has 6 nitrogen and oxygen atoms in total. The van der Waals surface area contributed by atoms with Crippen molar-refractivity contribution in [2.45, 2.75) is 32.3 Å². The standard InChI is InChI=1S/C21H24N4O2/c1-4-18(13-19(5-1)26-15-17-3-2-10-23-14-17)21-24-20(27-25-21)7-6-16-8-11-22-12-9-16/h1-5,10,13-14,16,22H,6-9,11-12,15H2. The van der Waals surface area contributed by atoms with Gasteiger partial charge in [-0.1, -0.05) is 23.4 Å². The molecule has 27 heavy (non-hydrogen) atoms. The molecule has 0 radical (unpaired) electrons. The average Bonchev–Trinajstić information content (AvgIpc) is 3.22. The Morgan fingerprint density at radius 1 is 1.15 bits per heavy atom. The van der Waals surface area contributed by atoms with Crippen LogP contribution in [0.2, 0.25) is 0 Å². The fourth-order valence-electron chi connectivity index (χ4n) is 3.35. The zero-order valence-electron chi connectivity index (χ0n) is 15.3. The van der Waals surface area contributed by atoms with Crippen LogP contribution in [0, 0.1) is 5.92 Å². The lowest BCUT2D eigenvalue weighted by Gasteiger charge is -2.21. The van der Waals surface area contributed by atoms with Crippen molar-refractivity contribution in [1.82, 2.24) is 20.4 Å². The van der Waals surface area contributed by atoms with Gasteiger partial charge in [-0.3, -0.25) is 4.98 Å². The number of aromatic nitrogens is 3. The Kier molecular flexibility index (Phi) is 5.74.